The molecule has 35 heavy (non-hydrogen) atoms. The molecule has 3 aromatic carbocycles. The summed E-state index contributed by atoms with van der Waals surface area (Å²) in [5.41, 5.74) is 4.12. The molecule has 0 saturated heterocycles. The topological polar surface area (TPSA) is 93.7 Å². The van der Waals surface area contributed by atoms with Crippen molar-refractivity contribution >= 4 is 45.1 Å². The maximum atomic E-state index is 12.2. The number of hydrogen-bond donors (Lipinski definition) is 2. The van der Waals surface area contributed by atoms with Crippen LogP contribution in [0.15, 0.2) is 65.1 Å². The summed E-state index contributed by atoms with van der Waals surface area (Å²) in [4.78, 5) is 36.3. The van der Waals surface area contributed by atoms with Gasteiger partial charge in [0.15, 0.2) is 6.61 Å². The summed E-state index contributed by atoms with van der Waals surface area (Å²) in [6.07, 6.45) is -0.197. The molecule has 0 fully saturated rings. The van der Waals surface area contributed by atoms with E-state index in [1.54, 1.807) is 24.3 Å². The maximum Gasteiger partial charge on any atom is 0.306 e. The van der Waals surface area contributed by atoms with Crippen LogP contribution < -0.4 is 15.4 Å². The van der Waals surface area contributed by atoms with Crippen LogP contribution in [0.5, 0.6) is 11.5 Å². The summed E-state index contributed by atoms with van der Waals surface area (Å²) in [6, 6.07) is 18.4. The molecule has 2 amide bonds. The number of halogens is 1. The number of carbonyl (C=O) groups is 3. The summed E-state index contributed by atoms with van der Waals surface area (Å²) in [7, 11) is 0. The summed E-state index contributed by atoms with van der Waals surface area (Å²) in [5.74, 6) is 0.00719. The molecule has 0 spiro atoms. The van der Waals surface area contributed by atoms with Crippen molar-refractivity contribution in [1.82, 2.24) is 0 Å². The second-order valence-corrected chi connectivity index (χ2v) is 8.92. The van der Waals surface area contributed by atoms with Gasteiger partial charge in [-0.3, -0.25) is 14.4 Å². The van der Waals surface area contributed by atoms with Gasteiger partial charge in [-0.15, -0.1) is 0 Å². The lowest BCUT2D eigenvalue weighted by Gasteiger charge is -2.11. The molecule has 0 radical (unpaired) electrons. The fourth-order valence-electron chi connectivity index (χ4n) is 3.16. The predicted octanol–water partition coefficient (Wildman–Crippen LogP) is 6.07. The van der Waals surface area contributed by atoms with Gasteiger partial charge in [0.2, 0.25) is 5.91 Å². The Hall–Kier alpha value is -3.65. The molecule has 0 heterocycles. The second kappa shape index (κ2) is 12.2. The van der Waals surface area contributed by atoms with Gasteiger partial charge in [-0.2, -0.15) is 0 Å². The third-order valence-electron chi connectivity index (χ3n) is 5.16. The Balaban J connectivity index is 1.39. The van der Waals surface area contributed by atoms with Crippen LogP contribution in [0, 0.1) is 20.8 Å². The van der Waals surface area contributed by atoms with Crippen LogP contribution >= 0.6 is 15.9 Å². The van der Waals surface area contributed by atoms with Gasteiger partial charge in [-0.25, -0.2) is 0 Å². The highest BCUT2D eigenvalue weighted by atomic mass is 79.9. The van der Waals surface area contributed by atoms with Crippen molar-refractivity contribution in [2.24, 2.45) is 0 Å². The first-order valence-electron chi connectivity index (χ1n) is 11.1. The molecule has 7 nitrogen and oxygen atoms in total. The van der Waals surface area contributed by atoms with E-state index in [0.717, 1.165) is 26.9 Å². The first kappa shape index (κ1) is 26.0. The van der Waals surface area contributed by atoms with Gasteiger partial charge in [0, 0.05) is 22.3 Å². The number of esters is 1. The van der Waals surface area contributed by atoms with Crippen LogP contribution in [0.2, 0.25) is 0 Å². The Morgan fingerprint density at radius 1 is 0.800 bits per heavy atom. The van der Waals surface area contributed by atoms with Crippen LogP contribution in [0.1, 0.15) is 29.5 Å². The molecule has 182 valence electrons. The molecule has 0 aromatic heterocycles. The SMILES string of the molecule is Cc1cc(NC(=O)COC(=O)CCC(=O)Nc2ccc(Oc3ccccc3C)cc2)c(C)cc1Br. The average Bonchev–Trinajstić information content (AvgIpc) is 2.82. The molecule has 0 bridgehead atoms. The van der Waals surface area contributed by atoms with Gasteiger partial charge < -0.3 is 20.1 Å². The monoisotopic (exact) mass is 538 g/mol. The molecule has 0 atom stereocenters. The number of amides is 2. The minimum atomic E-state index is -0.624. The molecule has 0 aliphatic rings. The molecule has 8 heteroatoms. The van der Waals surface area contributed by atoms with Gasteiger partial charge in [-0.05, 0) is 79.9 Å². The van der Waals surface area contributed by atoms with Crippen molar-refractivity contribution in [3.8, 4) is 11.5 Å². The van der Waals surface area contributed by atoms with Gasteiger partial charge in [-0.1, -0.05) is 34.1 Å². The van der Waals surface area contributed by atoms with Crippen molar-refractivity contribution in [2.45, 2.75) is 33.6 Å². The quantitative estimate of drug-likeness (QED) is 0.322. The first-order valence-corrected chi connectivity index (χ1v) is 11.9. The highest BCUT2D eigenvalue weighted by Crippen LogP contribution is 2.26. The van der Waals surface area contributed by atoms with Gasteiger partial charge in [0.05, 0.1) is 6.42 Å². The Morgan fingerprint density at radius 3 is 2.23 bits per heavy atom. The molecule has 2 N–H and O–H groups in total. The Morgan fingerprint density at radius 2 is 1.51 bits per heavy atom. The molecule has 0 unspecified atom stereocenters. The van der Waals surface area contributed by atoms with Crippen LogP contribution in [-0.4, -0.2) is 24.4 Å². The van der Waals surface area contributed by atoms with E-state index in [0.29, 0.717) is 17.1 Å². The highest BCUT2D eigenvalue weighted by molar-refractivity contribution is 9.10. The van der Waals surface area contributed by atoms with E-state index in [4.69, 9.17) is 9.47 Å². The summed E-state index contributed by atoms with van der Waals surface area (Å²) < 4.78 is 11.8. The third-order valence-corrected chi connectivity index (χ3v) is 6.01. The lowest BCUT2D eigenvalue weighted by atomic mass is 10.1. The van der Waals surface area contributed by atoms with E-state index < -0.39 is 18.5 Å². The Kier molecular flexibility index (Phi) is 9.03. The van der Waals surface area contributed by atoms with Crippen LogP contribution in [0.3, 0.4) is 0 Å². The normalized spacial score (nSPS) is 10.4. The standard InChI is InChI=1S/C27H27BrN2O5/c1-17-6-4-5-7-24(17)35-21-10-8-20(9-11-21)29-25(31)12-13-27(33)34-16-26(32)30-23-15-18(2)22(28)14-19(23)3/h4-11,14-15H,12-13,16H2,1-3H3,(H,29,31)(H,30,32). The molecule has 0 aliphatic heterocycles. The van der Waals surface area contributed by atoms with E-state index in [-0.39, 0.29) is 18.7 Å². The molecular formula is C27H27BrN2O5. The predicted molar refractivity (Wildman–Crippen MR) is 139 cm³/mol. The number of aryl methyl sites for hydroxylation is 3. The van der Waals surface area contributed by atoms with Crippen molar-refractivity contribution in [2.75, 3.05) is 17.2 Å². The van der Waals surface area contributed by atoms with E-state index in [1.807, 2.05) is 57.2 Å². The summed E-state index contributed by atoms with van der Waals surface area (Å²) in [6.45, 7) is 5.33. The largest absolute Gasteiger partial charge is 0.457 e. The third kappa shape index (κ3) is 7.96. The van der Waals surface area contributed by atoms with Crippen LogP contribution in [0.4, 0.5) is 11.4 Å². The Labute approximate surface area is 213 Å². The average molecular weight is 539 g/mol. The molecule has 0 saturated carbocycles. The number of rotatable bonds is 9. The number of nitrogens with one attached hydrogen (secondary N) is 2. The molecular weight excluding hydrogens is 512 g/mol. The molecule has 3 aromatic rings. The zero-order valence-electron chi connectivity index (χ0n) is 19.8. The Bertz CT molecular complexity index is 1220. The van der Waals surface area contributed by atoms with Crippen molar-refractivity contribution in [3.05, 3.63) is 81.8 Å². The lowest BCUT2D eigenvalue weighted by molar-refractivity contribution is -0.147. The number of hydrogen-bond acceptors (Lipinski definition) is 5. The van der Waals surface area contributed by atoms with Gasteiger partial charge in [0.1, 0.15) is 11.5 Å². The van der Waals surface area contributed by atoms with Gasteiger partial charge >= 0.3 is 5.97 Å². The zero-order chi connectivity index (χ0) is 25.4. The summed E-state index contributed by atoms with van der Waals surface area (Å²) >= 11 is 3.44. The molecule has 0 aliphatic carbocycles. The van der Waals surface area contributed by atoms with Crippen molar-refractivity contribution in [3.63, 3.8) is 0 Å². The fourth-order valence-corrected chi connectivity index (χ4v) is 3.62. The zero-order valence-corrected chi connectivity index (χ0v) is 21.4. The van der Waals surface area contributed by atoms with E-state index >= 15 is 0 Å². The number of anilines is 2. The lowest BCUT2D eigenvalue weighted by Crippen LogP contribution is -2.22. The number of benzene rings is 3. The fraction of sp³-hybridized carbons (Fsp3) is 0.222. The smallest absolute Gasteiger partial charge is 0.306 e. The minimum absolute atomic E-state index is 0.0626. The van der Waals surface area contributed by atoms with Crippen molar-refractivity contribution in [1.29, 1.82) is 0 Å². The first-order chi connectivity index (χ1) is 16.7. The van der Waals surface area contributed by atoms with Gasteiger partial charge in [0.25, 0.3) is 5.91 Å². The van der Waals surface area contributed by atoms with Crippen molar-refractivity contribution < 1.29 is 23.9 Å². The number of carbonyl (C=O) groups excluding carboxylic acids is 3. The van der Waals surface area contributed by atoms with E-state index in [2.05, 4.69) is 26.6 Å². The van der Waals surface area contributed by atoms with E-state index in [1.165, 1.54) is 0 Å². The molecule has 3 rings (SSSR count). The van der Waals surface area contributed by atoms with Crippen LogP contribution in [0.25, 0.3) is 0 Å². The van der Waals surface area contributed by atoms with E-state index in [9.17, 15) is 14.4 Å². The summed E-state index contributed by atoms with van der Waals surface area (Å²) in [5, 5.41) is 5.46. The minimum Gasteiger partial charge on any atom is -0.457 e. The van der Waals surface area contributed by atoms with Crippen LogP contribution in [-0.2, 0) is 19.1 Å². The highest BCUT2D eigenvalue weighted by Gasteiger charge is 2.12. The second-order valence-electron chi connectivity index (χ2n) is 8.07. The number of para-hydroxylation sites is 1. The maximum absolute atomic E-state index is 12.2. The number of ether oxygens (including phenoxy) is 2.